The quantitative estimate of drug-likeness (QED) is 0.608. The maximum atomic E-state index is 11.9. The van der Waals surface area contributed by atoms with E-state index in [0.29, 0.717) is 28.6 Å². The van der Waals surface area contributed by atoms with Crippen LogP contribution < -0.4 is 4.74 Å². The molecule has 0 spiro atoms. The maximum absolute atomic E-state index is 11.9. The van der Waals surface area contributed by atoms with Crippen LogP contribution in [0, 0.1) is 34.5 Å². The van der Waals surface area contributed by atoms with Crippen LogP contribution in [0.1, 0.15) is 52.9 Å². The number of esters is 1. The fourth-order valence-corrected chi connectivity index (χ4v) is 8.24. The smallest absolute Gasteiger partial charge is 0.330 e. The lowest BCUT2D eigenvalue weighted by Gasteiger charge is -2.60. The SMILES string of the molecule is CC1CC2OC(=O)C=C[C@]2(C)[C@@H]2CC[C@]3(C)C(Oc4ccc(S(C)(=O)=O)cc4)CC[C@H]3[C@H]12. The monoisotopic (exact) mass is 458 g/mol. The normalized spacial score (nSPS) is 43.1. The van der Waals surface area contributed by atoms with Crippen molar-refractivity contribution >= 4 is 15.8 Å². The van der Waals surface area contributed by atoms with Crippen LogP contribution in [0.25, 0.3) is 0 Å². The Morgan fingerprint density at radius 2 is 1.78 bits per heavy atom. The van der Waals surface area contributed by atoms with Gasteiger partial charge in [0.1, 0.15) is 18.0 Å². The summed E-state index contributed by atoms with van der Waals surface area (Å²) in [4.78, 5) is 12.2. The van der Waals surface area contributed by atoms with Gasteiger partial charge in [0, 0.05) is 23.2 Å². The Kier molecular flexibility index (Phi) is 5.05. The van der Waals surface area contributed by atoms with Gasteiger partial charge in [0.05, 0.1) is 4.90 Å². The summed E-state index contributed by atoms with van der Waals surface area (Å²) in [6.45, 7) is 7.03. The summed E-state index contributed by atoms with van der Waals surface area (Å²) in [7, 11) is -3.21. The second kappa shape index (κ2) is 7.34. The Bertz CT molecular complexity index is 1040. The zero-order valence-electron chi connectivity index (χ0n) is 19.4. The minimum atomic E-state index is -3.21. The average Bonchev–Trinajstić information content (AvgIpc) is 3.05. The highest BCUT2D eigenvalue weighted by Crippen LogP contribution is 2.65. The highest BCUT2D eigenvalue weighted by molar-refractivity contribution is 7.90. The van der Waals surface area contributed by atoms with Gasteiger partial charge in [-0.25, -0.2) is 13.2 Å². The number of benzene rings is 1. The second-order valence-corrected chi connectivity index (χ2v) is 13.1. The Labute approximate surface area is 191 Å². The van der Waals surface area contributed by atoms with E-state index in [4.69, 9.17) is 9.47 Å². The first kappa shape index (κ1) is 22.0. The van der Waals surface area contributed by atoms with Crippen LogP contribution in [-0.4, -0.2) is 32.9 Å². The summed E-state index contributed by atoms with van der Waals surface area (Å²) in [5.74, 6) is 2.76. The molecule has 0 bridgehead atoms. The molecule has 6 heteroatoms. The molecule has 3 fully saturated rings. The van der Waals surface area contributed by atoms with Crippen LogP contribution in [0.4, 0.5) is 0 Å². The Hall–Kier alpha value is -1.82. The molecule has 1 heterocycles. The van der Waals surface area contributed by atoms with Crippen LogP contribution in [0.15, 0.2) is 41.3 Å². The molecule has 0 radical (unpaired) electrons. The van der Waals surface area contributed by atoms with E-state index in [1.54, 1.807) is 30.3 Å². The number of sulfone groups is 1. The van der Waals surface area contributed by atoms with E-state index < -0.39 is 9.84 Å². The van der Waals surface area contributed by atoms with Gasteiger partial charge in [0.15, 0.2) is 9.84 Å². The van der Waals surface area contributed by atoms with E-state index in [-0.39, 0.29) is 29.0 Å². The first-order chi connectivity index (χ1) is 15.0. The number of carbonyl (C=O) groups is 1. The van der Waals surface area contributed by atoms with Crippen molar-refractivity contribution in [2.45, 2.75) is 70.0 Å². The van der Waals surface area contributed by atoms with Gasteiger partial charge in [-0.2, -0.15) is 0 Å². The number of rotatable bonds is 3. The van der Waals surface area contributed by atoms with Crippen LogP contribution >= 0.6 is 0 Å². The molecule has 1 aromatic carbocycles. The van der Waals surface area contributed by atoms with E-state index in [9.17, 15) is 13.2 Å². The Morgan fingerprint density at radius 1 is 1.06 bits per heavy atom. The standard InChI is InChI=1S/C26H34O5S/c1-16-15-22-26(3,14-12-23(27)31-22)20-11-13-25(2)19(24(16)20)9-10-21(25)30-17-5-7-18(8-6-17)32(4,28)29/h5-8,12,14,16,19-22,24H,9-11,13,15H2,1-4H3/t16?,19-,20+,21?,22?,24-,25-,26+/m0/s1. The summed E-state index contributed by atoms with van der Waals surface area (Å²) in [6, 6.07) is 6.85. The van der Waals surface area contributed by atoms with E-state index >= 15 is 0 Å². The van der Waals surface area contributed by atoms with Crippen molar-refractivity contribution in [3.05, 3.63) is 36.4 Å². The molecule has 3 unspecified atom stereocenters. The third-order valence-corrected chi connectivity index (χ3v) is 10.5. The topological polar surface area (TPSA) is 69.7 Å². The van der Waals surface area contributed by atoms with Gasteiger partial charge in [-0.15, -0.1) is 0 Å². The summed E-state index contributed by atoms with van der Waals surface area (Å²) in [6.07, 6.45) is 10.4. The minimum Gasteiger partial charge on any atom is -0.490 e. The average molecular weight is 459 g/mol. The van der Waals surface area contributed by atoms with Crippen LogP contribution in [-0.2, 0) is 19.4 Å². The fraction of sp³-hybridized carbons (Fsp3) is 0.654. The predicted octanol–water partition coefficient (Wildman–Crippen LogP) is 4.81. The highest BCUT2D eigenvalue weighted by atomic mass is 32.2. The van der Waals surface area contributed by atoms with Gasteiger partial charge in [-0.3, -0.25) is 0 Å². The number of fused-ring (bicyclic) bond motifs is 5. The van der Waals surface area contributed by atoms with Crippen molar-refractivity contribution < 1.29 is 22.7 Å². The van der Waals surface area contributed by atoms with Crippen molar-refractivity contribution in [2.24, 2.45) is 34.5 Å². The van der Waals surface area contributed by atoms with Crippen molar-refractivity contribution in [2.75, 3.05) is 6.26 Å². The van der Waals surface area contributed by atoms with Crippen molar-refractivity contribution in [3.63, 3.8) is 0 Å². The van der Waals surface area contributed by atoms with Gasteiger partial charge < -0.3 is 9.47 Å². The molecule has 1 aromatic rings. The Balaban J connectivity index is 1.39. The van der Waals surface area contributed by atoms with E-state index in [0.717, 1.165) is 37.9 Å². The lowest BCUT2D eigenvalue weighted by molar-refractivity contribution is -0.175. The summed E-state index contributed by atoms with van der Waals surface area (Å²) in [5.41, 5.74) is 0.0238. The summed E-state index contributed by atoms with van der Waals surface area (Å²) in [5, 5.41) is 0. The number of hydrogen-bond acceptors (Lipinski definition) is 5. The largest absolute Gasteiger partial charge is 0.490 e. The molecule has 0 N–H and O–H groups in total. The molecule has 1 aliphatic heterocycles. The van der Waals surface area contributed by atoms with Gasteiger partial charge in [-0.05, 0) is 80.0 Å². The molecule has 174 valence electrons. The minimum absolute atomic E-state index is 0.0117. The number of carbonyl (C=O) groups excluding carboxylic acids is 1. The lowest BCUT2D eigenvalue weighted by atomic mass is 9.47. The molecular weight excluding hydrogens is 424 g/mol. The molecule has 8 atom stereocenters. The van der Waals surface area contributed by atoms with E-state index in [2.05, 4.69) is 26.8 Å². The lowest BCUT2D eigenvalue weighted by Crippen LogP contribution is -2.58. The van der Waals surface area contributed by atoms with Crippen LogP contribution in [0.5, 0.6) is 5.75 Å². The molecule has 5 nitrogen and oxygen atoms in total. The molecule has 5 rings (SSSR count). The van der Waals surface area contributed by atoms with Crippen molar-refractivity contribution in [1.82, 2.24) is 0 Å². The first-order valence-electron chi connectivity index (χ1n) is 11.9. The molecule has 0 saturated heterocycles. The molecule has 0 aromatic heterocycles. The predicted molar refractivity (Wildman–Crippen MR) is 122 cm³/mol. The number of hydrogen-bond donors (Lipinski definition) is 0. The molecule has 0 amide bonds. The van der Waals surface area contributed by atoms with Crippen molar-refractivity contribution in [3.8, 4) is 5.75 Å². The summed E-state index contributed by atoms with van der Waals surface area (Å²) < 4.78 is 35.8. The zero-order valence-corrected chi connectivity index (χ0v) is 20.2. The Morgan fingerprint density at radius 3 is 2.47 bits per heavy atom. The molecule has 3 saturated carbocycles. The maximum Gasteiger partial charge on any atom is 0.330 e. The molecular formula is C26H34O5S. The van der Waals surface area contributed by atoms with Gasteiger partial charge >= 0.3 is 5.97 Å². The highest BCUT2D eigenvalue weighted by Gasteiger charge is 2.62. The van der Waals surface area contributed by atoms with Crippen molar-refractivity contribution in [1.29, 1.82) is 0 Å². The van der Waals surface area contributed by atoms with E-state index in [1.165, 1.54) is 6.26 Å². The van der Waals surface area contributed by atoms with Gasteiger partial charge in [0.25, 0.3) is 0 Å². The third kappa shape index (κ3) is 3.32. The van der Waals surface area contributed by atoms with Gasteiger partial charge in [0.2, 0.25) is 0 Å². The van der Waals surface area contributed by atoms with Crippen LogP contribution in [0.2, 0.25) is 0 Å². The fourth-order valence-electron chi connectivity index (χ4n) is 7.61. The third-order valence-electron chi connectivity index (χ3n) is 9.35. The second-order valence-electron chi connectivity index (χ2n) is 11.1. The molecule has 4 aliphatic rings. The van der Waals surface area contributed by atoms with E-state index in [1.807, 2.05) is 0 Å². The molecule has 3 aliphatic carbocycles. The van der Waals surface area contributed by atoms with Gasteiger partial charge in [-0.1, -0.05) is 26.8 Å². The zero-order chi connectivity index (χ0) is 22.9. The number of ether oxygens (including phenoxy) is 2. The summed E-state index contributed by atoms with van der Waals surface area (Å²) >= 11 is 0. The molecule has 32 heavy (non-hydrogen) atoms. The van der Waals surface area contributed by atoms with Crippen LogP contribution in [0.3, 0.4) is 0 Å². The first-order valence-corrected chi connectivity index (χ1v) is 13.8.